The Bertz CT molecular complexity index is 224. The Morgan fingerprint density at radius 2 is 2.07 bits per heavy atom. The van der Waals surface area contributed by atoms with Crippen molar-refractivity contribution in [3.05, 3.63) is 0 Å². The van der Waals surface area contributed by atoms with Crippen LogP contribution in [0.5, 0.6) is 0 Å². The minimum atomic E-state index is -0.183. The van der Waals surface area contributed by atoms with Gasteiger partial charge in [0, 0.05) is 24.5 Å². The molecule has 0 spiro atoms. The molecule has 0 aliphatic heterocycles. The number of rotatable bonds is 5. The van der Waals surface area contributed by atoms with E-state index in [1.807, 2.05) is 11.8 Å². The van der Waals surface area contributed by atoms with Crippen LogP contribution in [0.2, 0.25) is 0 Å². The number of hydrogen-bond donors (Lipinski definition) is 1. The first-order valence-electron chi connectivity index (χ1n) is 6.10. The molecule has 15 heavy (non-hydrogen) atoms. The van der Waals surface area contributed by atoms with E-state index in [4.69, 9.17) is 5.73 Å². The van der Waals surface area contributed by atoms with Crippen molar-refractivity contribution in [3.8, 4) is 0 Å². The minimum Gasteiger partial charge on any atom is -0.340 e. The van der Waals surface area contributed by atoms with Crippen LogP contribution >= 0.6 is 0 Å². The highest BCUT2D eigenvalue weighted by Crippen LogP contribution is 2.32. The highest BCUT2D eigenvalue weighted by molar-refractivity contribution is 5.77. The third kappa shape index (κ3) is 2.94. The lowest BCUT2D eigenvalue weighted by Gasteiger charge is -2.39. The summed E-state index contributed by atoms with van der Waals surface area (Å²) in [6.45, 7) is 7.05. The molecule has 1 rings (SSSR count). The molecule has 0 heterocycles. The van der Waals surface area contributed by atoms with Gasteiger partial charge in [-0.1, -0.05) is 6.92 Å². The molecular formula is C12H24N2O. The summed E-state index contributed by atoms with van der Waals surface area (Å²) in [6, 6.07) is 0.339. The summed E-state index contributed by atoms with van der Waals surface area (Å²) in [7, 11) is 0. The number of nitrogens with two attached hydrogens (primary N) is 1. The van der Waals surface area contributed by atoms with Crippen LogP contribution in [-0.4, -0.2) is 28.9 Å². The van der Waals surface area contributed by atoms with Gasteiger partial charge >= 0.3 is 0 Å². The maximum atomic E-state index is 12.0. The maximum absolute atomic E-state index is 12.0. The Hall–Kier alpha value is -0.570. The first kappa shape index (κ1) is 12.5. The van der Waals surface area contributed by atoms with Crippen molar-refractivity contribution in [3.63, 3.8) is 0 Å². The van der Waals surface area contributed by atoms with Crippen molar-refractivity contribution < 1.29 is 4.79 Å². The first-order chi connectivity index (χ1) is 7.02. The van der Waals surface area contributed by atoms with Crippen LogP contribution in [0.15, 0.2) is 0 Å². The zero-order valence-electron chi connectivity index (χ0n) is 10.3. The van der Waals surface area contributed by atoms with Gasteiger partial charge in [-0.05, 0) is 39.5 Å². The van der Waals surface area contributed by atoms with Gasteiger partial charge in [0.2, 0.25) is 5.91 Å². The normalized spacial score (nSPS) is 20.5. The second-order valence-electron chi connectivity index (χ2n) is 4.83. The molecule has 1 fully saturated rings. The lowest BCUT2D eigenvalue weighted by atomic mass is 9.75. The molecule has 0 bridgehead atoms. The van der Waals surface area contributed by atoms with E-state index in [1.54, 1.807) is 0 Å². The molecular weight excluding hydrogens is 188 g/mol. The van der Waals surface area contributed by atoms with Crippen LogP contribution in [-0.2, 0) is 4.79 Å². The molecule has 1 aliphatic rings. The quantitative estimate of drug-likeness (QED) is 0.756. The monoisotopic (exact) mass is 212 g/mol. The van der Waals surface area contributed by atoms with Gasteiger partial charge in [-0.3, -0.25) is 4.79 Å². The van der Waals surface area contributed by atoms with Crippen LogP contribution in [0.1, 0.15) is 52.9 Å². The van der Waals surface area contributed by atoms with Crippen LogP contribution in [0.4, 0.5) is 0 Å². The van der Waals surface area contributed by atoms with Gasteiger partial charge in [0.15, 0.2) is 0 Å². The minimum absolute atomic E-state index is 0.183. The summed E-state index contributed by atoms with van der Waals surface area (Å²) in [5.41, 5.74) is 5.91. The Morgan fingerprint density at radius 3 is 2.40 bits per heavy atom. The van der Waals surface area contributed by atoms with Gasteiger partial charge in [0.1, 0.15) is 0 Å². The van der Waals surface area contributed by atoms with Gasteiger partial charge in [0.05, 0.1) is 0 Å². The van der Waals surface area contributed by atoms with E-state index in [-0.39, 0.29) is 11.4 Å². The standard InChI is InChI=1S/C12H24N2O/c1-4-10(3)14(5-2)11(15)9-12(13)7-6-8-12/h10H,4-9,13H2,1-3H3. The molecule has 0 saturated heterocycles. The molecule has 3 nitrogen and oxygen atoms in total. The number of hydrogen-bond acceptors (Lipinski definition) is 2. The highest BCUT2D eigenvalue weighted by atomic mass is 16.2. The summed E-state index contributed by atoms with van der Waals surface area (Å²) in [5, 5.41) is 0. The zero-order valence-corrected chi connectivity index (χ0v) is 10.3. The van der Waals surface area contributed by atoms with Crippen molar-refractivity contribution in [1.82, 2.24) is 4.90 Å². The predicted octanol–water partition coefficient (Wildman–Crippen LogP) is 1.90. The topological polar surface area (TPSA) is 46.3 Å². The van der Waals surface area contributed by atoms with Crippen molar-refractivity contribution in [2.75, 3.05) is 6.54 Å². The Balaban J connectivity index is 2.49. The fourth-order valence-corrected chi connectivity index (χ4v) is 2.16. The van der Waals surface area contributed by atoms with E-state index in [9.17, 15) is 4.79 Å². The highest BCUT2D eigenvalue weighted by Gasteiger charge is 2.36. The van der Waals surface area contributed by atoms with Crippen molar-refractivity contribution in [2.45, 2.75) is 64.5 Å². The molecule has 1 atom stereocenters. The van der Waals surface area contributed by atoms with Crippen LogP contribution in [0, 0.1) is 0 Å². The summed E-state index contributed by atoms with van der Waals surface area (Å²) >= 11 is 0. The lowest BCUT2D eigenvalue weighted by Crippen LogP contribution is -2.51. The average Bonchev–Trinajstić information content (AvgIpc) is 2.16. The number of amides is 1. The third-order valence-corrected chi connectivity index (χ3v) is 3.64. The molecule has 2 N–H and O–H groups in total. The van der Waals surface area contributed by atoms with Crippen molar-refractivity contribution >= 4 is 5.91 Å². The molecule has 0 aromatic rings. The summed E-state index contributed by atoms with van der Waals surface area (Å²) in [4.78, 5) is 14.0. The molecule has 1 saturated carbocycles. The second-order valence-corrected chi connectivity index (χ2v) is 4.83. The first-order valence-corrected chi connectivity index (χ1v) is 6.10. The van der Waals surface area contributed by atoms with E-state index in [1.165, 1.54) is 6.42 Å². The van der Waals surface area contributed by atoms with Crippen LogP contribution in [0.3, 0.4) is 0 Å². The number of nitrogens with zero attached hydrogens (tertiary/aromatic N) is 1. The number of carbonyl (C=O) groups is 1. The largest absolute Gasteiger partial charge is 0.340 e. The zero-order chi connectivity index (χ0) is 11.5. The summed E-state index contributed by atoms with van der Waals surface area (Å²) in [5.74, 6) is 0.231. The molecule has 0 radical (unpaired) electrons. The second kappa shape index (κ2) is 4.97. The lowest BCUT2D eigenvalue weighted by molar-refractivity contribution is -0.135. The van der Waals surface area contributed by atoms with Crippen LogP contribution < -0.4 is 5.73 Å². The van der Waals surface area contributed by atoms with Gasteiger partial charge in [-0.2, -0.15) is 0 Å². The van der Waals surface area contributed by atoms with E-state index < -0.39 is 0 Å². The van der Waals surface area contributed by atoms with Gasteiger partial charge in [-0.15, -0.1) is 0 Å². The SMILES string of the molecule is CCC(C)N(CC)C(=O)CC1(N)CCC1. The fourth-order valence-electron chi connectivity index (χ4n) is 2.16. The summed E-state index contributed by atoms with van der Waals surface area (Å²) in [6.07, 6.45) is 4.75. The third-order valence-electron chi connectivity index (χ3n) is 3.64. The van der Waals surface area contributed by atoms with E-state index in [0.717, 1.165) is 25.8 Å². The molecule has 0 aromatic heterocycles. The van der Waals surface area contributed by atoms with Gasteiger partial charge in [0.25, 0.3) is 0 Å². The maximum Gasteiger partial charge on any atom is 0.224 e. The van der Waals surface area contributed by atoms with E-state index in [0.29, 0.717) is 12.5 Å². The molecule has 1 unspecified atom stereocenters. The van der Waals surface area contributed by atoms with Gasteiger partial charge in [-0.25, -0.2) is 0 Å². The van der Waals surface area contributed by atoms with Crippen molar-refractivity contribution in [1.29, 1.82) is 0 Å². The smallest absolute Gasteiger partial charge is 0.224 e. The molecule has 3 heteroatoms. The average molecular weight is 212 g/mol. The Kier molecular flexibility index (Phi) is 4.14. The van der Waals surface area contributed by atoms with Crippen LogP contribution in [0.25, 0.3) is 0 Å². The van der Waals surface area contributed by atoms with Gasteiger partial charge < -0.3 is 10.6 Å². The Labute approximate surface area is 93.0 Å². The molecule has 88 valence electrons. The van der Waals surface area contributed by atoms with E-state index in [2.05, 4.69) is 13.8 Å². The molecule has 1 aliphatic carbocycles. The fraction of sp³-hybridized carbons (Fsp3) is 0.917. The summed E-state index contributed by atoms with van der Waals surface area (Å²) < 4.78 is 0. The van der Waals surface area contributed by atoms with Crippen molar-refractivity contribution in [2.24, 2.45) is 5.73 Å². The molecule has 0 aromatic carbocycles. The molecule has 1 amide bonds. The predicted molar refractivity (Wildman–Crippen MR) is 62.5 cm³/mol. The Morgan fingerprint density at radius 1 is 1.47 bits per heavy atom. The number of carbonyl (C=O) groups excluding carboxylic acids is 1. The van der Waals surface area contributed by atoms with E-state index >= 15 is 0 Å².